The monoisotopic (exact) mass is 304 g/mol. The van der Waals surface area contributed by atoms with Crippen molar-refractivity contribution in [3.05, 3.63) is 34.3 Å². The fourth-order valence-electron chi connectivity index (χ4n) is 1.59. The van der Waals surface area contributed by atoms with Crippen molar-refractivity contribution in [1.82, 2.24) is 5.32 Å². The highest BCUT2D eigenvalue weighted by molar-refractivity contribution is 6.31. The molecule has 0 aromatic heterocycles. The van der Waals surface area contributed by atoms with Crippen molar-refractivity contribution in [3.8, 4) is 0 Å². The fourth-order valence-corrected chi connectivity index (χ4v) is 1.77. The van der Waals surface area contributed by atoms with Crippen LogP contribution in [0.2, 0.25) is 5.02 Å². The summed E-state index contributed by atoms with van der Waals surface area (Å²) in [7, 11) is 0. The van der Waals surface area contributed by atoms with Crippen LogP contribution in [0.3, 0.4) is 0 Å². The molecule has 108 valence electrons. The summed E-state index contributed by atoms with van der Waals surface area (Å²) >= 11 is 6.00. The van der Waals surface area contributed by atoms with Crippen molar-refractivity contribution in [2.24, 2.45) is 5.73 Å². The Morgan fingerprint density at radius 2 is 1.95 bits per heavy atom. The Balaban J connectivity index is 0.00000324. The van der Waals surface area contributed by atoms with E-state index in [4.69, 9.17) is 17.3 Å². The summed E-state index contributed by atoms with van der Waals surface area (Å²) < 4.78 is 0. The number of carbonyl (C=O) groups is 1. The summed E-state index contributed by atoms with van der Waals surface area (Å²) in [6, 6.07) is 5.29. The van der Waals surface area contributed by atoms with Crippen LogP contribution in [0.1, 0.15) is 42.6 Å². The van der Waals surface area contributed by atoms with Gasteiger partial charge < -0.3 is 11.1 Å². The number of halogens is 2. The molecule has 0 aliphatic heterocycles. The Bertz CT molecular complexity index is 431. The van der Waals surface area contributed by atoms with Crippen LogP contribution < -0.4 is 11.1 Å². The number of rotatable bonds is 5. The van der Waals surface area contributed by atoms with E-state index in [9.17, 15) is 4.79 Å². The van der Waals surface area contributed by atoms with E-state index >= 15 is 0 Å². The van der Waals surface area contributed by atoms with Gasteiger partial charge in [0.1, 0.15) is 0 Å². The molecule has 19 heavy (non-hydrogen) atoms. The van der Waals surface area contributed by atoms with E-state index in [0.717, 1.165) is 18.4 Å². The zero-order valence-electron chi connectivity index (χ0n) is 11.6. The molecule has 0 saturated carbocycles. The van der Waals surface area contributed by atoms with E-state index in [1.165, 1.54) is 0 Å². The van der Waals surface area contributed by atoms with E-state index in [1.807, 2.05) is 26.8 Å². The largest absolute Gasteiger partial charge is 0.350 e. The van der Waals surface area contributed by atoms with Gasteiger partial charge in [0.15, 0.2) is 0 Å². The molecule has 0 aliphatic carbocycles. The summed E-state index contributed by atoms with van der Waals surface area (Å²) in [6.45, 7) is 6.43. The third-order valence-electron chi connectivity index (χ3n) is 3.44. The average molecular weight is 305 g/mol. The molecule has 0 fully saturated rings. The number of amides is 1. The van der Waals surface area contributed by atoms with Crippen molar-refractivity contribution < 1.29 is 4.79 Å². The van der Waals surface area contributed by atoms with Gasteiger partial charge in [-0.15, -0.1) is 12.4 Å². The molecule has 3 N–H and O–H groups in total. The molecule has 1 amide bonds. The molecule has 0 saturated heterocycles. The predicted octanol–water partition coefficient (Wildman–Crippen LogP) is 3.32. The number of carbonyl (C=O) groups excluding carboxylic acids is 1. The lowest BCUT2D eigenvalue weighted by molar-refractivity contribution is 0.0942. The van der Waals surface area contributed by atoms with Crippen LogP contribution >= 0.6 is 24.0 Å². The first-order valence-corrected chi connectivity index (χ1v) is 6.63. The molecule has 1 aromatic carbocycles. The lowest BCUT2D eigenvalue weighted by Gasteiger charge is -2.26. The lowest BCUT2D eigenvalue weighted by atomic mass is 9.94. The van der Waals surface area contributed by atoms with E-state index in [0.29, 0.717) is 17.1 Å². The minimum atomic E-state index is -0.329. The Morgan fingerprint density at radius 1 is 1.37 bits per heavy atom. The summed E-state index contributed by atoms with van der Waals surface area (Å²) in [5.74, 6) is -0.131. The van der Waals surface area contributed by atoms with E-state index < -0.39 is 0 Å². The van der Waals surface area contributed by atoms with Gasteiger partial charge in [-0.25, -0.2) is 0 Å². The average Bonchev–Trinajstić information content (AvgIpc) is 2.38. The second-order valence-electron chi connectivity index (χ2n) is 4.72. The number of nitrogens with one attached hydrogen (secondary N) is 1. The first-order valence-electron chi connectivity index (χ1n) is 6.25. The molecule has 0 radical (unpaired) electrons. The number of hydrogen-bond donors (Lipinski definition) is 2. The van der Waals surface area contributed by atoms with E-state index in [2.05, 4.69) is 5.32 Å². The SMILES string of the molecule is CCC(N)(CC)CNC(=O)c1ccc(C)c(Cl)c1.Cl. The van der Waals surface area contributed by atoms with Gasteiger partial charge in [-0.2, -0.15) is 0 Å². The van der Waals surface area contributed by atoms with Crippen molar-refractivity contribution >= 4 is 29.9 Å². The van der Waals surface area contributed by atoms with Crippen LogP contribution in [0.15, 0.2) is 18.2 Å². The topological polar surface area (TPSA) is 55.1 Å². The molecule has 5 heteroatoms. The normalized spacial score (nSPS) is 10.8. The second kappa shape index (κ2) is 7.73. The van der Waals surface area contributed by atoms with Gasteiger partial charge in [-0.1, -0.05) is 31.5 Å². The first kappa shape index (κ1) is 18.2. The quantitative estimate of drug-likeness (QED) is 0.877. The maximum absolute atomic E-state index is 12.0. The molecule has 1 rings (SSSR count). The van der Waals surface area contributed by atoms with E-state index in [1.54, 1.807) is 12.1 Å². The summed E-state index contributed by atoms with van der Waals surface area (Å²) in [4.78, 5) is 12.0. The summed E-state index contributed by atoms with van der Waals surface area (Å²) in [5, 5.41) is 3.47. The molecule has 0 heterocycles. The number of nitrogens with two attached hydrogens (primary N) is 1. The van der Waals surface area contributed by atoms with Crippen LogP contribution in [0.25, 0.3) is 0 Å². The lowest BCUT2D eigenvalue weighted by Crippen LogP contribution is -2.49. The molecule has 0 atom stereocenters. The predicted molar refractivity (Wildman–Crippen MR) is 83.3 cm³/mol. The zero-order chi connectivity index (χ0) is 13.8. The van der Waals surface area contributed by atoms with Gasteiger partial charge in [-0.3, -0.25) is 4.79 Å². The molecule has 0 spiro atoms. The van der Waals surface area contributed by atoms with Crippen LogP contribution in [0, 0.1) is 6.92 Å². The van der Waals surface area contributed by atoms with Crippen LogP contribution in [-0.4, -0.2) is 18.0 Å². The maximum Gasteiger partial charge on any atom is 0.251 e. The maximum atomic E-state index is 12.0. The van der Waals surface area contributed by atoms with Crippen LogP contribution in [0.4, 0.5) is 0 Å². The summed E-state index contributed by atoms with van der Waals surface area (Å²) in [6.07, 6.45) is 1.66. The Labute approximate surface area is 126 Å². The van der Waals surface area contributed by atoms with Crippen molar-refractivity contribution in [3.63, 3.8) is 0 Å². The molecule has 0 unspecified atom stereocenters. The van der Waals surface area contributed by atoms with Gasteiger partial charge in [0.2, 0.25) is 0 Å². The van der Waals surface area contributed by atoms with Crippen LogP contribution in [-0.2, 0) is 0 Å². The first-order chi connectivity index (χ1) is 8.41. The highest BCUT2D eigenvalue weighted by Crippen LogP contribution is 2.17. The smallest absolute Gasteiger partial charge is 0.251 e. The third kappa shape index (κ3) is 5.01. The minimum Gasteiger partial charge on any atom is -0.350 e. The fraction of sp³-hybridized carbons (Fsp3) is 0.500. The van der Waals surface area contributed by atoms with E-state index in [-0.39, 0.29) is 23.9 Å². The Kier molecular flexibility index (Phi) is 7.42. The van der Waals surface area contributed by atoms with Gasteiger partial charge in [0.25, 0.3) is 5.91 Å². The number of hydrogen-bond acceptors (Lipinski definition) is 2. The molecule has 3 nitrogen and oxygen atoms in total. The second-order valence-corrected chi connectivity index (χ2v) is 5.12. The van der Waals surface area contributed by atoms with Gasteiger partial charge >= 0.3 is 0 Å². The molecular formula is C14H22Cl2N2O. The van der Waals surface area contributed by atoms with Gasteiger partial charge in [-0.05, 0) is 37.5 Å². The standard InChI is InChI=1S/C14H21ClN2O.ClH/c1-4-14(16,5-2)9-17-13(18)11-7-6-10(3)12(15)8-11;/h6-8H,4-5,9,16H2,1-3H3,(H,17,18);1H. The Hall–Kier alpha value is -0.770. The third-order valence-corrected chi connectivity index (χ3v) is 3.85. The van der Waals surface area contributed by atoms with Crippen LogP contribution in [0.5, 0.6) is 0 Å². The van der Waals surface area contributed by atoms with Crippen molar-refractivity contribution in [2.45, 2.75) is 39.2 Å². The molecule has 1 aromatic rings. The summed E-state index contributed by atoms with van der Waals surface area (Å²) in [5.41, 5.74) is 7.34. The highest BCUT2D eigenvalue weighted by Gasteiger charge is 2.21. The molecule has 0 aliphatic rings. The van der Waals surface area contributed by atoms with Gasteiger partial charge in [0, 0.05) is 22.7 Å². The zero-order valence-corrected chi connectivity index (χ0v) is 13.2. The van der Waals surface area contributed by atoms with Crippen molar-refractivity contribution in [1.29, 1.82) is 0 Å². The molecular weight excluding hydrogens is 283 g/mol. The number of benzene rings is 1. The number of aryl methyl sites for hydroxylation is 1. The molecule has 0 bridgehead atoms. The minimum absolute atomic E-state index is 0. The Morgan fingerprint density at radius 3 is 2.42 bits per heavy atom. The van der Waals surface area contributed by atoms with Crippen molar-refractivity contribution in [2.75, 3.05) is 6.54 Å². The highest BCUT2D eigenvalue weighted by atomic mass is 35.5. The van der Waals surface area contributed by atoms with Gasteiger partial charge in [0.05, 0.1) is 0 Å².